The van der Waals surface area contributed by atoms with Crippen LogP contribution in [0.15, 0.2) is 24.3 Å². The minimum atomic E-state index is 0.408. The van der Waals surface area contributed by atoms with Crippen LogP contribution in [0.2, 0.25) is 0 Å². The van der Waals surface area contributed by atoms with Gasteiger partial charge in [-0.15, -0.1) is 0 Å². The predicted octanol–water partition coefficient (Wildman–Crippen LogP) is 5.49. The predicted molar refractivity (Wildman–Crippen MR) is 80.5 cm³/mol. The van der Waals surface area contributed by atoms with Crippen LogP contribution in [-0.4, -0.2) is 6.61 Å². The monoisotopic (exact) mass is 310 g/mol. The molecule has 0 aliphatic heterocycles. The van der Waals surface area contributed by atoms with E-state index in [1.807, 2.05) is 6.92 Å². The van der Waals surface area contributed by atoms with Crippen LogP contribution in [0.3, 0.4) is 0 Å². The molecule has 1 aliphatic rings. The molecule has 1 atom stereocenters. The largest absolute Gasteiger partial charge is 0.494 e. The number of hydrogen-bond acceptors (Lipinski definition) is 1. The highest BCUT2D eigenvalue weighted by atomic mass is 79.9. The second-order valence-corrected chi connectivity index (χ2v) is 6.49. The lowest BCUT2D eigenvalue weighted by Gasteiger charge is -2.38. The summed E-state index contributed by atoms with van der Waals surface area (Å²) in [5.74, 6) is 0.967. The molecule has 2 heteroatoms. The Hall–Kier alpha value is -0.500. The molecule has 2 rings (SSSR count). The average Bonchev–Trinajstić information content (AvgIpc) is 2.40. The van der Waals surface area contributed by atoms with Gasteiger partial charge in [-0.1, -0.05) is 54.2 Å². The summed E-state index contributed by atoms with van der Waals surface area (Å²) in [6.45, 7) is 5.17. The number of hydrogen-bond donors (Lipinski definition) is 0. The van der Waals surface area contributed by atoms with Crippen molar-refractivity contribution >= 4 is 15.9 Å². The first kappa shape index (κ1) is 13.9. The molecule has 0 N–H and O–H groups in total. The second kappa shape index (κ2) is 6.10. The highest BCUT2D eigenvalue weighted by Crippen LogP contribution is 2.50. The summed E-state index contributed by atoms with van der Waals surface area (Å²) in [5, 5.41) is 0. The third-order valence-electron chi connectivity index (χ3n) is 4.09. The molecule has 1 aliphatic carbocycles. The van der Waals surface area contributed by atoms with Gasteiger partial charge in [0.05, 0.1) is 6.61 Å². The van der Waals surface area contributed by atoms with E-state index in [4.69, 9.17) is 4.74 Å². The van der Waals surface area contributed by atoms with Crippen LogP contribution in [0, 0.1) is 5.41 Å². The number of halogens is 1. The highest BCUT2D eigenvalue weighted by Gasteiger charge is 2.34. The molecule has 0 heterocycles. The summed E-state index contributed by atoms with van der Waals surface area (Å²) in [7, 11) is 0. The van der Waals surface area contributed by atoms with Crippen molar-refractivity contribution in [3.05, 3.63) is 29.8 Å². The molecular formula is C16H23BrO. The Labute approximate surface area is 119 Å². The van der Waals surface area contributed by atoms with Gasteiger partial charge in [-0.2, -0.15) is 0 Å². The Morgan fingerprint density at radius 1 is 1.17 bits per heavy atom. The molecule has 1 fully saturated rings. The highest BCUT2D eigenvalue weighted by molar-refractivity contribution is 9.09. The van der Waals surface area contributed by atoms with Crippen molar-refractivity contribution in [3.8, 4) is 5.75 Å². The van der Waals surface area contributed by atoms with E-state index in [0.717, 1.165) is 12.4 Å². The van der Waals surface area contributed by atoms with Crippen LogP contribution < -0.4 is 4.74 Å². The van der Waals surface area contributed by atoms with Gasteiger partial charge in [-0.05, 0) is 42.9 Å². The van der Waals surface area contributed by atoms with Gasteiger partial charge in [0.2, 0.25) is 0 Å². The molecule has 1 aromatic rings. The van der Waals surface area contributed by atoms with Crippen LogP contribution in [0.4, 0.5) is 0 Å². The molecule has 0 spiro atoms. The Kier molecular flexibility index (Phi) is 4.71. The van der Waals surface area contributed by atoms with Gasteiger partial charge in [0.15, 0.2) is 0 Å². The Morgan fingerprint density at radius 3 is 2.33 bits per heavy atom. The van der Waals surface area contributed by atoms with E-state index in [2.05, 4.69) is 47.1 Å². The van der Waals surface area contributed by atoms with Gasteiger partial charge in [-0.3, -0.25) is 0 Å². The van der Waals surface area contributed by atoms with Gasteiger partial charge in [-0.25, -0.2) is 0 Å². The summed E-state index contributed by atoms with van der Waals surface area (Å²) < 4.78 is 5.50. The Bertz CT molecular complexity index is 365. The van der Waals surface area contributed by atoms with Gasteiger partial charge in [0, 0.05) is 4.83 Å². The smallest absolute Gasteiger partial charge is 0.119 e. The second-order valence-electron chi connectivity index (χ2n) is 5.58. The van der Waals surface area contributed by atoms with Crippen LogP contribution in [-0.2, 0) is 0 Å². The SMILES string of the molecule is CCOc1ccc(C(Br)C2(C)CCCCC2)cc1. The van der Waals surface area contributed by atoms with E-state index in [-0.39, 0.29) is 0 Å². The van der Waals surface area contributed by atoms with E-state index in [1.54, 1.807) is 0 Å². The molecule has 0 amide bonds. The first-order valence-electron chi connectivity index (χ1n) is 7.02. The van der Waals surface area contributed by atoms with Gasteiger partial charge in [0.1, 0.15) is 5.75 Å². The van der Waals surface area contributed by atoms with E-state index in [0.29, 0.717) is 10.2 Å². The summed E-state index contributed by atoms with van der Waals surface area (Å²) in [6, 6.07) is 8.56. The van der Waals surface area contributed by atoms with Crippen molar-refractivity contribution in [3.63, 3.8) is 0 Å². The van der Waals surface area contributed by atoms with E-state index in [1.165, 1.54) is 37.7 Å². The lowest BCUT2D eigenvalue weighted by molar-refractivity contribution is 0.213. The number of alkyl halides is 1. The van der Waals surface area contributed by atoms with Gasteiger partial charge in [0.25, 0.3) is 0 Å². The summed E-state index contributed by atoms with van der Waals surface area (Å²) in [4.78, 5) is 0.459. The minimum absolute atomic E-state index is 0.408. The van der Waals surface area contributed by atoms with Crippen molar-refractivity contribution < 1.29 is 4.74 Å². The molecular weight excluding hydrogens is 288 g/mol. The van der Waals surface area contributed by atoms with Crippen molar-refractivity contribution in [1.82, 2.24) is 0 Å². The first-order valence-corrected chi connectivity index (χ1v) is 7.94. The third-order valence-corrected chi connectivity index (χ3v) is 5.73. The minimum Gasteiger partial charge on any atom is -0.494 e. The maximum Gasteiger partial charge on any atom is 0.119 e. The average molecular weight is 311 g/mol. The molecule has 1 nitrogen and oxygen atoms in total. The fourth-order valence-electron chi connectivity index (χ4n) is 2.91. The zero-order valence-electron chi connectivity index (χ0n) is 11.4. The fourth-order valence-corrected chi connectivity index (χ4v) is 3.68. The summed E-state index contributed by atoms with van der Waals surface area (Å²) >= 11 is 3.93. The fraction of sp³-hybridized carbons (Fsp3) is 0.625. The number of benzene rings is 1. The molecule has 18 heavy (non-hydrogen) atoms. The Morgan fingerprint density at radius 2 is 1.78 bits per heavy atom. The maximum atomic E-state index is 5.50. The van der Waals surface area contributed by atoms with Crippen molar-refractivity contribution in [2.24, 2.45) is 5.41 Å². The number of ether oxygens (including phenoxy) is 1. The molecule has 0 saturated heterocycles. The Balaban J connectivity index is 2.09. The third kappa shape index (κ3) is 3.09. The van der Waals surface area contributed by atoms with Crippen LogP contribution in [0.1, 0.15) is 56.3 Å². The summed E-state index contributed by atoms with van der Waals surface area (Å²) in [6.07, 6.45) is 6.80. The zero-order chi connectivity index (χ0) is 13.0. The van der Waals surface area contributed by atoms with E-state index in [9.17, 15) is 0 Å². The molecule has 0 bridgehead atoms. The molecule has 1 unspecified atom stereocenters. The van der Waals surface area contributed by atoms with E-state index >= 15 is 0 Å². The van der Waals surface area contributed by atoms with E-state index < -0.39 is 0 Å². The van der Waals surface area contributed by atoms with Crippen LogP contribution >= 0.6 is 15.9 Å². The normalized spacial score (nSPS) is 20.4. The van der Waals surface area contributed by atoms with Crippen LogP contribution in [0.25, 0.3) is 0 Å². The number of rotatable bonds is 4. The summed E-state index contributed by atoms with van der Waals surface area (Å²) in [5.41, 5.74) is 1.79. The zero-order valence-corrected chi connectivity index (χ0v) is 13.0. The standard InChI is InChI=1S/C16H23BrO/c1-3-18-14-9-7-13(8-10-14)15(17)16(2)11-5-4-6-12-16/h7-10,15H,3-6,11-12H2,1-2H3. The molecule has 1 saturated carbocycles. The maximum absolute atomic E-state index is 5.50. The molecule has 0 radical (unpaired) electrons. The van der Waals surface area contributed by atoms with Crippen molar-refractivity contribution in [2.75, 3.05) is 6.61 Å². The lowest BCUT2D eigenvalue weighted by Crippen LogP contribution is -2.25. The lowest BCUT2D eigenvalue weighted by atomic mass is 9.72. The topological polar surface area (TPSA) is 9.23 Å². The quantitative estimate of drug-likeness (QED) is 0.668. The van der Waals surface area contributed by atoms with Crippen LogP contribution in [0.5, 0.6) is 5.75 Å². The molecule has 0 aromatic heterocycles. The molecule has 1 aromatic carbocycles. The van der Waals surface area contributed by atoms with Crippen molar-refractivity contribution in [2.45, 2.75) is 50.8 Å². The van der Waals surface area contributed by atoms with Gasteiger partial charge < -0.3 is 4.74 Å². The van der Waals surface area contributed by atoms with Gasteiger partial charge >= 0.3 is 0 Å². The molecule has 100 valence electrons. The first-order chi connectivity index (χ1) is 8.65. The van der Waals surface area contributed by atoms with Crippen molar-refractivity contribution in [1.29, 1.82) is 0 Å².